The number of benzene rings is 9. The number of aromatic nitrogens is 2. The minimum absolute atomic E-state index is 1.16. The van der Waals surface area contributed by atoms with Crippen molar-refractivity contribution in [2.45, 2.75) is 0 Å². The van der Waals surface area contributed by atoms with E-state index in [1.165, 1.54) is 102 Å². The molecule has 55 heavy (non-hydrogen) atoms. The van der Waals surface area contributed by atoms with Crippen LogP contribution in [0, 0.1) is 0 Å². The predicted molar refractivity (Wildman–Crippen MR) is 236 cm³/mol. The van der Waals surface area contributed by atoms with Gasteiger partial charge in [0.15, 0.2) is 0 Å². The first-order valence-corrected chi connectivity index (χ1v) is 19.6. The largest absolute Gasteiger partial charge is 0.309 e. The molecule has 0 aliphatic rings. The molecule has 0 atom stereocenters. The van der Waals surface area contributed by atoms with E-state index in [1.54, 1.807) is 0 Å². The van der Waals surface area contributed by atoms with E-state index in [2.05, 4.69) is 203 Å². The third-order valence-electron chi connectivity index (χ3n) is 11.5. The molecule has 0 amide bonds. The van der Waals surface area contributed by atoms with Crippen LogP contribution in [0.2, 0.25) is 0 Å². The SMILES string of the molecule is c1ccc(-c2ccc(-n3c4ccccc4c4cc(-c5ccc6c(c5)c5cc7c(cc5n6-c5ccc6ccccc6c5)sc5ccccc57)ccc43)cc2)cc1. The van der Waals surface area contributed by atoms with Crippen LogP contribution in [0.5, 0.6) is 0 Å². The van der Waals surface area contributed by atoms with Gasteiger partial charge in [0, 0.05) is 53.1 Å². The zero-order valence-corrected chi connectivity index (χ0v) is 30.6. The minimum atomic E-state index is 1.16. The first-order chi connectivity index (χ1) is 27.2. The van der Waals surface area contributed by atoms with E-state index in [1.807, 2.05) is 11.3 Å². The molecule has 3 aromatic heterocycles. The van der Waals surface area contributed by atoms with Gasteiger partial charge >= 0.3 is 0 Å². The molecular weight excluding hydrogens is 685 g/mol. The Morgan fingerprint density at radius 3 is 1.64 bits per heavy atom. The van der Waals surface area contributed by atoms with Crippen LogP contribution in [-0.2, 0) is 0 Å². The van der Waals surface area contributed by atoms with Crippen molar-refractivity contribution in [2.24, 2.45) is 0 Å². The topological polar surface area (TPSA) is 9.86 Å². The van der Waals surface area contributed by atoms with Gasteiger partial charge in [-0.05, 0) is 106 Å². The highest BCUT2D eigenvalue weighted by atomic mass is 32.1. The quantitative estimate of drug-likeness (QED) is 0.172. The molecule has 0 saturated heterocycles. The summed E-state index contributed by atoms with van der Waals surface area (Å²) in [5.41, 5.74) is 12.1. The number of hydrogen-bond donors (Lipinski definition) is 0. The zero-order valence-electron chi connectivity index (χ0n) is 29.8. The fourth-order valence-corrected chi connectivity index (χ4v) is 10.00. The van der Waals surface area contributed by atoms with Gasteiger partial charge in [0.05, 0.1) is 22.1 Å². The molecular formula is C52H32N2S. The maximum atomic E-state index is 2.46. The van der Waals surface area contributed by atoms with Crippen molar-refractivity contribution in [1.29, 1.82) is 0 Å². The van der Waals surface area contributed by atoms with Gasteiger partial charge in [-0.3, -0.25) is 0 Å². The molecule has 0 spiro atoms. The lowest BCUT2D eigenvalue weighted by molar-refractivity contribution is 1.18. The Morgan fingerprint density at radius 2 is 0.836 bits per heavy atom. The number of nitrogens with zero attached hydrogens (tertiary/aromatic N) is 2. The van der Waals surface area contributed by atoms with Crippen molar-refractivity contribution in [3.05, 3.63) is 194 Å². The molecule has 0 fully saturated rings. The number of hydrogen-bond acceptors (Lipinski definition) is 1. The normalized spacial score (nSPS) is 12.0. The molecule has 0 saturated carbocycles. The maximum absolute atomic E-state index is 2.46. The van der Waals surface area contributed by atoms with E-state index in [0.29, 0.717) is 0 Å². The van der Waals surface area contributed by atoms with Gasteiger partial charge in [-0.15, -0.1) is 11.3 Å². The van der Waals surface area contributed by atoms with Crippen molar-refractivity contribution in [3.63, 3.8) is 0 Å². The predicted octanol–water partition coefficient (Wildman–Crippen LogP) is 14.7. The average Bonchev–Trinajstić information content (AvgIpc) is 3.89. The lowest BCUT2D eigenvalue weighted by atomic mass is 10.00. The fourth-order valence-electron chi connectivity index (χ4n) is 8.88. The van der Waals surface area contributed by atoms with Crippen LogP contribution in [0.1, 0.15) is 0 Å². The van der Waals surface area contributed by atoms with E-state index in [4.69, 9.17) is 0 Å². The molecule has 0 N–H and O–H groups in total. The summed E-state index contributed by atoms with van der Waals surface area (Å²) in [6, 6.07) is 71.5. The van der Waals surface area contributed by atoms with Crippen LogP contribution in [0.25, 0.3) is 108 Å². The van der Waals surface area contributed by atoms with E-state index in [9.17, 15) is 0 Å². The second-order valence-corrected chi connectivity index (χ2v) is 15.6. The van der Waals surface area contributed by atoms with Crippen LogP contribution < -0.4 is 0 Å². The van der Waals surface area contributed by atoms with Crippen LogP contribution in [0.15, 0.2) is 194 Å². The van der Waals surface area contributed by atoms with E-state index in [0.717, 1.165) is 5.69 Å². The molecule has 12 rings (SSSR count). The Balaban J connectivity index is 1.06. The van der Waals surface area contributed by atoms with Crippen molar-refractivity contribution in [3.8, 4) is 33.6 Å². The molecule has 0 radical (unpaired) electrons. The summed E-state index contributed by atoms with van der Waals surface area (Å²) < 4.78 is 7.51. The van der Waals surface area contributed by atoms with Gasteiger partial charge < -0.3 is 9.13 Å². The molecule has 0 unspecified atom stereocenters. The third kappa shape index (κ3) is 4.67. The lowest BCUT2D eigenvalue weighted by Crippen LogP contribution is -1.94. The molecule has 0 bridgehead atoms. The Hall–Kier alpha value is -6.94. The standard InChI is InChI=1S/C52H32N2S/c1-2-10-33(11-3-1)35-18-23-39(24-19-35)53-47-16-8-6-14-41(47)43-29-37(21-26-48(43)53)38-22-27-49-44(30-38)45-31-46-42-15-7-9-17-51(42)55-52(46)32-50(45)54(49)40-25-20-34-12-4-5-13-36(34)28-40/h1-32H. The number of thiophene rings is 1. The van der Waals surface area contributed by atoms with Gasteiger partial charge in [-0.25, -0.2) is 0 Å². The monoisotopic (exact) mass is 716 g/mol. The maximum Gasteiger partial charge on any atom is 0.0555 e. The minimum Gasteiger partial charge on any atom is -0.309 e. The van der Waals surface area contributed by atoms with Gasteiger partial charge in [-0.1, -0.05) is 121 Å². The van der Waals surface area contributed by atoms with Crippen molar-refractivity contribution in [2.75, 3.05) is 0 Å². The summed E-state index contributed by atoms with van der Waals surface area (Å²) in [5, 5.41) is 10.2. The highest BCUT2D eigenvalue weighted by Crippen LogP contribution is 2.43. The van der Waals surface area contributed by atoms with Gasteiger partial charge in [-0.2, -0.15) is 0 Å². The van der Waals surface area contributed by atoms with Crippen LogP contribution in [0.4, 0.5) is 0 Å². The Morgan fingerprint density at radius 1 is 0.273 bits per heavy atom. The lowest BCUT2D eigenvalue weighted by Gasteiger charge is -2.11. The van der Waals surface area contributed by atoms with Crippen molar-refractivity contribution >= 4 is 85.9 Å². The highest BCUT2D eigenvalue weighted by molar-refractivity contribution is 7.25. The number of para-hydroxylation sites is 1. The summed E-state index contributed by atoms with van der Waals surface area (Å²) in [7, 11) is 0. The van der Waals surface area contributed by atoms with Crippen LogP contribution >= 0.6 is 11.3 Å². The zero-order chi connectivity index (χ0) is 36.0. The molecule has 0 aliphatic heterocycles. The molecule has 3 heterocycles. The van der Waals surface area contributed by atoms with Crippen molar-refractivity contribution < 1.29 is 0 Å². The summed E-state index contributed by atoms with van der Waals surface area (Å²) in [6.45, 7) is 0. The Labute approximate surface area is 321 Å². The van der Waals surface area contributed by atoms with Crippen LogP contribution in [0.3, 0.4) is 0 Å². The number of fused-ring (bicyclic) bond motifs is 10. The van der Waals surface area contributed by atoms with Crippen LogP contribution in [-0.4, -0.2) is 9.13 Å². The summed E-state index contributed by atoms with van der Waals surface area (Å²) in [5.74, 6) is 0. The van der Waals surface area contributed by atoms with Gasteiger partial charge in [0.25, 0.3) is 0 Å². The second-order valence-electron chi connectivity index (χ2n) is 14.6. The van der Waals surface area contributed by atoms with E-state index >= 15 is 0 Å². The molecule has 3 heteroatoms. The summed E-state index contributed by atoms with van der Waals surface area (Å²) in [6.07, 6.45) is 0. The summed E-state index contributed by atoms with van der Waals surface area (Å²) in [4.78, 5) is 0. The first kappa shape index (κ1) is 30.5. The molecule has 0 aliphatic carbocycles. The second kappa shape index (κ2) is 11.8. The molecule has 256 valence electrons. The molecule has 2 nitrogen and oxygen atoms in total. The van der Waals surface area contributed by atoms with Gasteiger partial charge in [0.1, 0.15) is 0 Å². The smallest absolute Gasteiger partial charge is 0.0555 e. The van der Waals surface area contributed by atoms with Gasteiger partial charge in [0.2, 0.25) is 0 Å². The van der Waals surface area contributed by atoms with Crippen molar-refractivity contribution in [1.82, 2.24) is 9.13 Å². The highest BCUT2D eigenvalue weighted by Gasteiger charge is 2.18. The summed E-state index contributed by atoms with van der Waals surface area (Å²) >= 11 is 1.88. The fraction of sp³-hybridized carbons (Fsp3) is 0. The number of rotatable bonds is 4. The molecule has 12 aromatic rings. The Kier molecular flexibility index (Phi) is 6.54. The van der Waals surface area contributed by atoms with E-state index < -0.39 is 0 Å². The average molecular weight is 717 g/mol. The first-order valence-electron chi connectivity index (χ1n) is 18.8. The molecule has 9 aromatic carbocycles. The van der Waals surface area contributed by atoms with E-state index in [-0.39, 0.29) is 0 Å². The third-order valence-corrected chi connectivity index (χ3v) is 12.6. The Bertz CT molecular complexity index is 3470.